The number of hydrogen-bond donors (Lipinski definition) is 1. The average Bonchev–Trinajstić information content (AvgIpc) is 3.03. The number of allylic oxidation sites excluding steroid dienone is 2. The number of carbonyl (C=O) groups excluding carboxylic acids is 1. The predicted octanol–water partition coefficient (Wildman–Crippen LogP) is 8.06. The molecule has 0 saturated carbocycles. The maximum absolute atomic E-state index is 13.5. The molecule has 0 aliphatic rings. The van der Waals surface area contributed by atoms with E-state index in [9.17, 15) is 14.0 Å². The Bertz CT molecular complexity index is 1560. The predicted molar refractivity (Wildman–Crippen MR) is 170 cm³/mol. The second-order valence-corrected chi connectivity index (χ2v) is 9.68. The van der Waals surface area contributed by atoms with Crippen LogP contribution in [0.25, 0.3) is 16.3 Å². The van der Waals surface area contributed by atoms with Gasteiger partial charge in [0.15, 0.2) is 0 Å². The minimum absolute atomic E-state index is 0.0968. The highest BCUT2D eigenvalue weighted by Gasteiger charge is 2.15. The molecule has 0 saturated heterocycles. The Balaban J connectivity index is 0.000000236. The van der Waals surface area contributed by atoms with Crippen LogP contribution < -0.4 is 4.74 Å². The number of aliphatic imine (C=N–C) groups is 1. The molecule has 0 amide bonds. The summed E-state index contributed by atoms with van der Waals surface area (Å²) < 4.78 is 24.6. The van der Waals surface area contributed by atoms with Gasteiger partial charge in [0.25, 0.3) is 0 Å². The lowest BCUT2D eigenvalue weighted by Gasteiger charge is -2.09. The van der Waals surface area contributed by atoms with Crippen molar-refractivity contribution < 1.29 is 28.6 Å². The standard InChI is InChI=1S/C18H16FNO.C18H20O4/c1-14(15-8-4-3-5-9-15)12-18(20-2)21-13-16-10-6-7-11-17(16)19;1-2-13-5-6-15-11-17(8-7-14(15)10-13)22-9-3-4-16(12-19)18(20)21/h3-12H,1-2,13H2;5-8,10-12,16H,2-4,9H2,1H3,(H,20,21)/b18-12+;. The number of benzene rings is 4. The molecule has 0 aromatic heterocycles. The number of rotatable bonds is 14. The number of aliphatic carboxylic acids is 1. The number of aldehydes is 1. The van der Waals surface area contributed by atoms with Crippen molar-refractivity contribution in [1.29, 1.82) is 0 Å². The van der Waals surface area contributed by atoms with Gasteiger partial charge < -0.3 is 19.4 Å². The van der Waals surface area contributed by atoms with E-state index in [4.69, 9.17) is 14.6 Å². The van der Waals surface area contributed by atoms with E-state index in [1.165, 1.54) is 17.0 Å². The van der Waals surface area contributed by atoms with Crippen LogP contribution in [0.2, 0.25) is 0 Å². The van der Waals surface area contributed by atoms with Gasteiger partial charge in [-0.2, -0.15) is 0 Å². The topological polar surface area (TPSA) is 85.2 Å². The largest absolute Gasteiger partial charge is 0.494 e. The molecule has 4 aromatic carbocycles. The molecule has 43 heavy (non-hydrogen) atoms. The third kappa shape index (κ3) is 10.4. The molecule has 0 fully saturated rings. The first-order valence-electron chi connectivity index (χ1n) is 14.0. The number of carboxylic acid groups (broad SMARTS) is 1. The van der Waals surface area contributed by atoms with E-state index >= 15 is 0 Å². The Morgan fingerprint density at radius 1 is 1.00 bits per heavy atom. The van der Waals surface area contributed by atoms with Crippen LogP contribution in [0.3, 0.4) is 0 Å². The molecule has 1 unspecified atom stereocenters. The molecule has 1 atom stereocenters. The minimum atomic E-state index is -1.08. The van der Waals surface area contributed by atoms with E-state index in [1.807, 2.05) is 48.5 Å². The van der Waals surface area contributed by atoms with Crippen LogP contribution in [0.1, 0.15) is 36.5 Å². The number of nitrogens with zero attached hydrogens (tertiary/aromatic N) is 1. The number of carbonyl (C=O) groups is 2. The maximum Gasteiger partial charge on any atom is 0.313 e. The van der Waals surface area contributed by atoms with E-state index in [0.717, 1.165) is 28.7 Å². The molecule has 0 aliphatic carbocycles. The van der Waals surface area contributed by atoms with Gasteiger partial charge in [0, 0.05) is 11.6 Å². The van der Waals surface area contributed by atoms with E-state index in [1.54, 1.807) is 24.3 Å². The van der Waals surface area contributed by atoms with Gasteiger partial charge in [-0.15, -0.1) is 0 Å². The molecule has 222 valence electrons. The highest BCUT2D eigenvalue weighted by molar-refractivity contribution is 5.86. The summed E-state index contributed by atoms with van der Waals surface area (Å²) in [5, 5.41) is 11.1. The molecule has 0 bridgehead atoms. The number of halogens is 1. The summed E-state index contributed by atoms with van der Waals surface area (Å²) in [6.45, 7) is 10.1. The third-order valence-electron chi connectivity index (χ3n) is 6.63. The SMILES string of the molecule is C=N/C(=C\C(=C)c1ccccc1)OCc1ccccc1F.CCc1ccc2cc(OCCCC(C=O)C(=O)O)ccc2c1. The maximum atomic E-state index is 13.5. The van der Waals surface area contributed by atoms with Crippen molar-refractivity contribution in [3.8, 4) is 5.75 Å². The normalized spacial score (nSPS) is 11.5. The second-order valence-electron chi connectivity index (χ2n) is 9.68. The zero-order valence-corrected chi connectivity index (χ0v) is 24.2. The van der Waals surface area contributed by atoms with Crippen LogP contribution in [0.5, 0.6) is 5.75 Å². The van der Waals surface area contributed by atoms with Crippen molar-refractivity contribution in [2.75, 3.05) is 6.61 Å². The van der Waals surface area contributed by atoms with E-state index in [2.05, 4.69) is 43.4 Å². The molecule has 4 rings (SSSR count). The molecule has 7 heteroatoms. The number of carboxylic acids is 1. The minimum Gasteiger partial charge on any atom is -0.494 e. The second kappa shape index (κ2) is 17.0. The fourth-order valence-electron chi connectivity index (χ4n) is 4.11. The Labute approximate surface area is 251 Å². The highest BCUT2D eigenvalue weighted by Crippen LogP contribution is 2.23. The van der Waals surface area contributed by atoms with Crippen molar-refractivity contribution in [3.05, 3.63) is 132 Å². The fraction of sp³-hybridized carbons (Fsp3) is 0.194. The van der Waals surface area contributed by atoms with Crippen LogP contribution in [-0.2, 0) is 27.4 Å². The summed E-state index contributed by atoms with van der Waals surface area (Å²) in [5.74, 6) is -1.25. The number of hydrogen-bond acceptors (Lipinski definition) is 5. The Morgan fingerprint density at radius 2 is 1.70 bits per heavy atom. The van der Waals surface area contributed by atoms with Crippen LogP contribution >= 0.6 is 0 Å². The third-order valence-corrected chi connectivity index (χ3v) is 6.63. The number of fused-ring (bicyclic) bond motifs is 1. The van der Waals surface area contributed by atoms with E-state index in [-0.39, 0.29) is 12.4 Å². The Kier molecular flexibility index (Phi) is 12.9. The molecule has 6 nitrogen and oxygen atoms in total. The summed E-state index contributed by atoms with van der Waals surface area (Å²) in [6.07, 6.45) is 4.00. The molecular formula is C36H36FNO5. The van der Waals surface area contributed by atoms with Gasteiger partial charge in [0.1, 0.15) is 30.4 Å². The monoisotopic (exact) mass is 581 g/mol. The molecule has 0 radical (unpaired) electrons. The quantitative estimate of drug-likeness (QED) is 0.0407. The van der Waals surface area contributed by atoms with Crippen molar-refractivity contribution in [1.82, 2.24) is 0 Å². The van der Waals surface area contributed by atoms with Gasteiger partial charge in [-0.05, 0) is 71.7 Å². The lowest BCUT2D eigenvalue weighted by molar-refractivity contribution is -0.143. The van der Waals surface area contributed by atoms with Crippen molar-refractivity contribution in [2.24, 2.45) is 10.9 Å². The summed E-state index contributed by atoms with van der Waals surface area (Å²) in [7, 11) is 0. The lowest BCUT2D eigenvalue weighted by atomic mass is 10.1. The van der Waals surface area contributed by atoms with Crippen molar-refractivity contribution >= 4 is 35.3 Å². The van der Waals surface area contributed by atoms with Crippen LogP contribution in [0.4, 0.5) is 4.39 Å². The van der Waals surface area contributed by atoms with Gasteiger partial charge >= 0.3 is 5.97 Å². The number of aryl methyl sites for hydroxylation is 1. The first-order valence-corrected chi connectivity index (χ1v) is 14.0. The summed E-state index contributed by atoms with van der Waals surface area (Å²) in [4.78, 5) is 25.1. The zero-order valence-electron chi connectivity index (χ0n) is 24.2. The average molecular weight is 582 g/mol. The molecule has 0 spiro atoms. The van der Waals surface area contributed by atoms with Crippen LogP contribution in [0.15, 0.2) is 115 Å². The van der Waals surface area contributed by atoms with Gasteiger partial charge in [-0.1, -0.05) is 86.3 Å². The molecule has 0 heterocycles. The smallest absolute Gasteiger partial charge is 0.313 e. The lowest BCUT2D eigenvalue weighted by Crippen LogP contribution is -2.15. The zero-order chi connectivity index (χ0) is 31.0. The molecule has 4 aromatic rings. The van der Waals surface area contributed by atoms with E-state index < -0.39 is 11.9 Å². The van der Waals surface area contributed by atoms with Gasteiger partial charge in [0.2, 0.25) is 5.88 Å². The highest BCUT2D eigenvalue weighted by atomic mass is 19.1. The van der Waals surface area contributed by atoms with Gasteiger partial charge in [0.05, 0.1) is 6.61 Å². The molecule has 0 aliphatic heterocycles. The van der Waals surface area contributed by atoms with E-state index in [0.29, 0.717) is 37.2 Å². The van der Waals surface area contributed by atoms with Crippen LogP contribution in [0, 0.1) is 11.7 Å². The van der Waals surface area contributed by atoms with Gasteiger partial charge in [-0.3, -0.25) is 4.79 Å². The summed E-state index contributed by atoms with van der Waals surface area (Å²) in [5.41, 5.74) is 3.49. The van der Waals surface area contributed by atoms with Crippen molar-refractivity contribution in [2.45, 2.75) is 32.8 Å². The Hall–Kier alpha value is -5.04. The number of ether oxygens (including phenoxy) is 2. The van der Waals surface area contributed by atoms with Gasteiger partial charge in [-0.25, -0.2) is 9.38 Å². The Morgan fingerprint density at radius 3 is 2.37 bits per heavy atom. The summed E-state index contributed by atoms with van der Waals surface area (Å²) in [6, 6.07) is 28.4. The van der Waals surface area contributed by atoms with Crippen LogP contribution in [-0.4, -0.2) is 30.7 Å². The molecular weight excluding hydrogens is 545 g/mol. The first-order chi connectivity index (χ1) is 20.8. The summed E-state index contributed by atoms with van der Waals surface area (Å²) >= 11 is 0. The molecule has 1 N–H and O–H groups in total. The van der Waals surface area contributed by atoms with Crippen molar-refractivity contribution in [3.63, 3.8) is 0 Å². The fourth-order valence-corrected chi connectivity index (χ4v) is 4.11. The first kappa shape index (κ1) is 32.5.